The van der Waals surface area contributed by atoms with Crippen molar-refractivity contribution in [2.45, 2.75) is 50.4 Å². The molecule has 3 amide bonds. The Bertz CT molecular complexity index is 527. The van der Waals surface area contributed by atoms with Crippen LogP contribution in [0.3, 0.4) is 0 Å². The molecule has 25 heavy (non-hydrogen) atoms. The van der Waals surface area contributed by atoms with Gasteiger partial charge in [-0.3, -0.25) is 19.8 Å². The van der Waals surface area contributed by atoms with Crippen LogP contribution in [0.25, 0.3) is 0 Å². The first-order chi connectivity index (χ1) is 11.7. The molecule has 1 saturated carbocycles. The Kier molecular flexibility index (Phi) is 6.26. The third kappa shape index (κ3) is 5.32. The van der Waals surface area contributed by atoms with Crippen LogP contribution in [0.2, 0.25) is 0 Å². The van der Waals surface area contributed by atoms with Crippen LogP contribution in [-0.2, 0) is 14.3 Å². The van der Waals surface area contributed by atoms with E-state index < -0.39 is 36.7 Å². The Labute approximate surface area is 143 Å². The fourth-order valence-electron chi connectivity index (χ4n) is 3.70. The van der Waals surface area contributed by atoms with Crippen molar-refractivity contribution in [1.82, 2.24) is 15.5 Å². The lowest BCUT2D eigenvalue weighted by molar-refractivity contribution is -0.146. The summed E-state index contributed by atoms with van der Waals surface area (Å²) < 4.78 is 41.0. The molecule has 2 aliphatic rings. The van der Waals surface area contributed by atoms with Gasteiger partial charge in [0.05, 0.1) is 13.7 Å². The number of hydrogen-bond donors (Lipinski definition) is 2. The molecule has 1 aliphatic carbocycles. The lowest BCUT2D eigenvalue weighted by Crippen LogP contribution is -2.51. The summed E-state index contributed by atoms with van der Waals surface area (Å²) in [5.74, 6) is -0.909. The summed E-state index contributed by atoms with van der Waals surface area (Å²) in [7, 11) is 1.27. The first-order valence-corrected chi connectivity index (χ1v) is 8.19. The van der Waals surface area contributed by atoms with Crippen molar-refractivity contribution < 1.29 is 32.3 Å². The molecule has 1 heterocycles. The maximum Gasteiger partial charge on any atom is 0.405 e. The Morgan fingerprint density at radius 3 is 2.52 bits per heavy atom. The highest BCUT2D eigenvalue weighted by atomic mass is 19.4. The number of amides is 3. The summed E-state index contributed by atoms with van der Waals surface area (Å²) >= 11 is 0. The molecule has 2 fully saturated rings. The Morgan fingerprint density at radius 2 is 1.88 bits per heavy atom. The zero-order valence-electron chi connectivity index (χ0n) is 13.9. The second-order valence-corrected chi connectivity index (χ2v) is 6.40. The van der Waals surface area contributed by atoms with E-state index in [0.717, 1.165) is 25.7 Å². The van der Waals surface area contributed by atoms with Crippen LogP contribution >= 0.6 is 0 Å². The molecule has 0 radical (unpaired) electrons. The van der Waals surface area contributed by atoms with Gasteiger partial charge in [0.25, 0.3) is 0 Å². The largest absolute Gasteiger partial charge is 0.468 e. The quantitative estimate of drug-likeness (QED) is 0.731. The monoisotopic (exact) mass is 365 g/mol. The van der Waals surface area contributed by atoms with Crippen molar-refractivity contribution in [3.63, 3.8) is 0 Å². The van der Waals surface area contributed by atoms with Crippen LogP contribution in [0.5, 0.6) is 0 Å². The van der Waals surface area contributed by atoms with E-state index in [1.54, 1.807) is 10.2 Å². The topological polar surface area (TPSA) is 87.7 Å². The van der Waals surface area contributed by atoms with Crippen LogP contribution in [-0.4, -0.2) is 61.3 Å². The van der Waals surface area contributed by atoms with Gasteiger partial charge in [-0.25, -0.2) is 4.79 Å². The number of halogens is 3. The molecule has 0 aromatic heterocycles. The number of ether oxygens (including phenoxy) is 1. The van der Waals surface area contributed by atoms with Gasteiger partial charge in [0.15, 0.2) is 0 Å². The number of nitrogens with one attached hydrogen (secondary N) is 2. The molecule has 7 nitrogen and oxygen atoms in total. The summed E-state index contributed by atoms with van der Waals surface area (Å²) in [5, 5.41) is 3.44. The maximum atomic E-state index is 12.1. The van der Waals surface area contributed by atoms with Crippen molar-refractivity contribution >= 4 is 17.9 Å². The van der Waals surface area contributed by atoms with Crippen LogP contribution in [0.4, 0.5) is 18.0 Å². The van der Waals surface area contributed by atoms with E-state index in [1.807, 2.05) is 5.32 Å². The first-order valence-electron chi connectivity index (χ1n) is 8.19. The number of methoxy groups -OCH3 is 1. The zero-order chi connectivity index (χ0) is 18.6. The van der Waals surface area contributed by atoms with Gasteiger partial charge in [-0.05, 0) is 25.2 Å². The highest BCUT2D eigenvalue weighted by Crippen LogP contribution is 2.39. The van der Waals surface area contributed by atoms with Gasteiger partial charge in [-0.2, -0.15) is 13.2 Å². The smallest absolute Gasteiger partial charge is 0.405 e. The standard InChI is InChI=1S/C15H22F3N3O4/c1-25-13(23)11-6-9-4-2-3-5-10(9)21(11)7-12(22)20-14(24)19-8-15(16,17)18/h9-11H,2-8H2,1H3,(H2,19,20,22,24). The SMILES string of the molecule is COC(=O)C1CC2CCCCC2N1CC(=O)NC(=O)NCC(F)(F)F. The molecular formula is C15H22F3N3O4. The average Bonchev–Trinajstić information content (AvgIpc) is 2.90. The van der Waals surface area contributed by atoms with Gasteiger partial charge in [0.2, 0.25) is 5.91 Å². The normalized spacial score (nSPS) is 26.6. The number of esters is 1. The van der Waals surface area contributed by atoms with Gasteiger partial charge in [-0.1, -0.05) is 12.8 Å². The van der Waals surface area contributed by atoms with Crippen LogP contribution < -0.4 is 10.6 Å². The molecule has 1 saturated heterocycles. The summed E-state index contributed by atoms with van der Waals surface area (Å²) in [5.41, 5.74) is 0. The van der Waals surface area contributed by atoms with Crippen molar-refractivity contribution in [3.8, 4) is 0 Å². The van der Waals surface area contributed by atoms with E-state index in [0.29, 0.717) is 6.42 Å². The van der Waals surface area contributed by atoms with E-state index in [9.17, 15) is 27.6 Å². The third-order valence-electron chi connectivity index (χ3n) is 4.72. The van der Waals surface area contributed by atoms with Gasteiger partial charge in [-0.15, -0.1) is 0 Å². The summed E-state index contributed by atoms with van der Waals surface area (Å²) in [6.07, 6.45) is -0.117. The second kappa shape index (κ2) is 8.03. The molecule has 1 aliphatic heterocycles. The number of alkyl halides is 3. The number of fused-ring (bicyclic) bond motifs is 1. The highest BCUT2D eigenvalue weighted by molar-refractivity contribution is 5.95. The maximum absolute atomic E-state index is 12.1. The molecule has 3 atom stereocenters. The number of imide groups is 1. The minimum Gasteiger partial charge on any atom is -0.468 e. The fourth-order valence-corrected chi connectivity index (χ4v) is 3.70. The molecule has 0 spiro atoms. The van der Waals surface area contributed by atoms with Crippen molar-refractivity contribution in [2.75, 3.05) is 20.2 Å². The molecule has 2 N–H and O–H groups in total. The Balaban J connectivity index is 1.94. The highest BCUT2D eigenvalue weighted by Gasteiger charge is 2.46. The third-order valence-corrected chi connectivity index (χ3v) is 4.72. The van der Waals surface area contributed by atoms with Crippen molar-refractivity contribution in [2.24, 2.45) is 5.92 Å². The van der Waals surface area contributed by atoms with E-state index in [1.165, 1.54) is 7.11 Å². The van der Waals surface area contributed by atoms with Gasteiger partial charge in [0, 0.05) is 6.04 Å². The Hall–Kier alpha value is -1.84. The number of carbonyl (C=O) groups excluding carboxylic acids is 3. The Morgan fingerprint density at radius 1 is 1.20 bits per heavy atom. The number of rotatable bonds is 4. The van der Waals surface area contributed by atoms with Gasteiger partial charge < -0.3 is 10.1 Å². The van der Waals surface area contributed by atoms with Crippen molar-refractivity contribution in [1.29, 1.82) is 0 Å². The number of carbonyl (C=O) groups is 3. The summed E-state index contributed by atoms with van der Waals surface area (Å²) in [4.78, 5) is 37.1. The number of nitrogens with zero attached hydrogens (tertiary/aromatic N) is 1. The van der Waals surface area contributed by atoms with Crippen molar-refractivity contribution in [3.05, 3.63) is 0 Å². The van der Waals surface area contributed by atoms with Crippen LogP contribution in [0, 0.1) is 5.92 Å². The van der Waals surface area contributed by atoms with E-state index in [-0.39, 0.29) is 18.5 Å². The summed E-state index contributed by atoms with van der Waals surface area (Å²) in [6.45, 7) is -1.76. The van der Waals surface area contributed by atoms with E-state index in [2.05, 4.69) is 0 Å². The lowest BCUT2D eigenvalue weighted by Gasteiger charge is -2.32. The van der Waals surface area contributed by atoms with E-state index in [4.69, 9.17) is 4.74 Å². The average molecular weight is 365 g/mol. The molecule has 0 aromatic carbocycles. The first kappa shape index (κ1) is 19.5. The van der Waals surface area contributed by atoms with Crippen LogP contribution in [0.1, 0.15) is 32.1 Å². The molecule has 142 valence electrons. The van der Waals surface area contributed by atoms with Gasteiger partial charge >= 0.3 is 18.2 Å². The predicted octanol–water partition coefficient (Wildman–Crippen LogP) is 1.18. The number of hydrogen-bond acceptors (Lipinski definition) is 5. The predicted molar refractivity (Wildman–Crippen MR) is 80.5 cm³/mol. The van der Waals surface area contributed by atoms with E-state index >= 15 is 0 Å². The zero-order valence-corrected chi connectivity index (χ0v) is 13.9. The number of urea groups is 1. The molecular weight excluding hydrogens is 343 g/mol. The number of likely N-dealkylation sites (tertiary alicyclic amines) is 1. The molecule has 0 aromatic rings. The molecule has 0 bridgehead atoms. The van der Waals surface area contributed by atoms with Gasteiger partial charge in [0.1, 0.15) is 12.6 Å². The second-order valence-electron chi connectivity index (χ2n) is 6.40. The van der Waals surface area contributed by atoms with Crippen LogP contribution in [0.15, 0.2) is 0 Å². The minimum absolute atomic E-state index is 0.0434. The summed E-state index contributed by atoms with van der Waals surface area (Å²) in [6, 6.07) is -1.74. The molecule has 10 heteroatoms. The molecule has 2 rings (SSSR count). The molecule has 3 unspecified atom stereocenters. The fraction of sp³-hybridized carbons (Fsp3) is 0.800. The minimum atomic E-state index is -4.55. The lowest BCUT2D eigenvalue weighted by atomic mass is 9.85.